The van der Waals surface area contributed by atoms with Gasteiger partial charge in [-0.25, -0.2) is 0 Å². The average molecular weight is 459 g/mol. The van der Waals surface area contributed by atoms with Gasteiger partial charge in [-0.3, -0.25) is 14.7 Å². The molecule has 1 saturated carbocycles. The second-order valence-corrected chi connectivity index (χ2v) is 8.58. The molecule has 3 fully saturated rings. The number of aromatic nitrogens is 1. The van der Waals surface area contributed by atoms with E-state index in [0.717, 1.165) is 90.2 Å². The first-order chi connectivity index (χ1) is 13.8. The highest BCUT2D eigenvalue weighted by molar-refractivity contribution is 5.85. The van der Waals surface area contributed by atoms with E-state index in [1.807, 2.05) is 18.3 Å². The minimum atomic E-state index is -0.216. The number of nitrogens with one attached hydrogen (secondary N) is 2. The number of piperidine rings is 1. The number of hydrogen-bond donors (Lipinski definition) is 2. The standard InChI is InChI=1S/C22H34N4O2.2ClH/c27-21(25-10-3-5-19-4-1-2-9-24-19)22-8-6-20(26-12-14-28-15-13-26)16-18(22)7-11-23-17-22;;/h1-2,4,9,18,20,23H,3,5-8,10-17H2,(H,25,27);2*1H/t18-,20-,22-;;/m1../s1. The molecule has 1 aromatic heterocycles. The van der Waals surface area contributed by atoms with Gasteiger partial charge in [-0.1, -0.05) is 6.07 Å². The van der Waals surface area contributed by atoms with Gasteiger partial charge in [-0.05, 0) is 63.1 Å². The molecule has 8 heteroatoms. The van der Waals surface area contributed by atoms with Gasteiger partial charge < -0.3 is 15.4 Å². The Balaban J connectivity index is 0.00000160. The molecule has 0 radical (unpaired) electrons. The largest absolute Gasteiger partial charge is 0.379 e. The number of carbonyl (C=O) groups is 1. The molecule has 170 valence electrons. The van der Waals surface area contributed by atoms with Crippen molar-refractivity contribution in [1.82, 2.24) is 20.5 Å². The average Bonchev–Trinajstić information content (AvgIpc) is 2.77. The van der Waals surface area contributed by atoms with Gasteiger partial charge in [0.05, 0.1) is 18.6 Å². The Hall–Kier alpha value is -0.920. The van der Waals surface area contributed by atoms with Crippen LogP contribution in [-0.2, 0) is 16.0 Å². The number of rotatable bonds is 6. The molecule has 1 aliphatic carbocycles. The van der Waals surface area contributed by atoms with Gasteiger partial charge in [0.2, 0.25) is 5.91 Å². The summed E-state index contributed by atoms with van der Waals surface area (Å²) in [6.45, 7) is 6.39. The summed E-state index contributed by atoms with van der Waals surface area (Å²) < 4.78 is 5.52. The Labute approximate surface area is 192 Å². The first-order valence-electron chi connectivity index (χ1n) is 11.0. The van der Waals surface area contributed by atoms with Gasteiger partial charge >= 0.3 is 0 Å². The molecule has 1 amide bonds. The molecule has 6 nitrogen and oxygen atoms in total. The number of pyridine rings is 1. The van der Waals surface area contributed by atoms with Crippen LogP contribution in [0.5, 0.6) is 0 Å². The topological polar surface area (TPSA) is 66.5 Å². The number of aryl methyl sites for hydroxylation is 1. The van der Waals surface area contributed by atoms with Crippen LogP contribution < -0.4 is 10.6 Å². The third-order valence-electron chi connectivity index (χ3n) is 7.01. The van der Waals surface area contributed by atoms with Crippen LogP contribution in [0.3, 0.4) is 0 Å². The quantitative estimate of drug-likeness (QED) is 0.640. The molecule has 1 aromatic rings. The summed E-state index contributed by atoms with van der Waals surface area (Å²) in [5.41, 5.74) is 0.879. The Bertz CT molecular complexity index is 645. The van der Waals surface area contributed by atoms with Crippen LogP contribution in [0.4, 0.5) is 0 Å². The second kappa shape index (κ2) is 12.2. The Morgan fingerprint density at radius 3 is 2.87 bits per heavy atom. The van der Waals surface area contributed by atoms with Gasteiger partial charge in [-0.15, -0.1) is 24.8 Å². The van der Waals surface area contributed by atoms with E-state index in [-0.39, 0.29) is 36.1 Å². The number of halogens is 2. The molecular weight excluding hydrogens is 423 g/mol. The van der Waals surface area contributed by atoms with E-state index in [9.17, 15) is 4.79 Å². The summed E-state index contributed by atoms with van der Waals surface area (Å²) in [5.74, 6) is 0.761. The maximum Gasteiger partial charge on any atom is 0.227 e. The smallest absolute Gasteiger partial charge is 0.227 e. The zero-order valence-corrected chi connectivity index (χ0v) is 19.3. The van der Waals surface area contributed by atoms with Crippen molar-refractivity contribution in [3.05, 3.63) is 30.1 Å². The molecule has 2 N–H and O–H groups in total. The van der Waals surface area contributed by atoms with Crippen LogP contribution in [0.15, 0.2) is 24.4 Å². The molecule has 0 aromatic carbocycles. The molecule has 3 heterocycles. The van der Waals surface area contributed by atoms with Gasteiger partial charge in [0.25, 0.3) is 0 Å². The van der Waals surface area contributed by atoms with Gasteiger partial charge in [0.15, 0.2) is 0 Å². The van der Waals surface area contributed by atoms with Crippen LogP contribution in [-0.4, -0.2) is 67.8 Å². The third kappa shape index (κ3) is 5.86. The fourth-order valence-corrected chi connectivity index (χ4v) is 5.36. The minimum Gasteiger partial charge on any atom is -0.379 e. The molecule has 3 aliphatic rings. The summed E-state index contributed by atoms with van der Waals surface area (Å²) >= 11 is 0. The normalized spacial score (nSPS) is 29.1. The highest BCUT2D eigenvalue weighted by Crippen LogP contribution is 2.46. The van der Waals surface area contributed by atoms with E-state index < -0.39 is 0 Å². The van der Waals surface area contributed by atoms with Crippen molar-refractivity contribution in [2.45, 2.75) is 44.6 Å². The van der Waals surface area contributed by atoms with Crippen molar-refractivity contribution in [3.63, 3.8) is 0 Å². The SMILES string of the molecule is Cl.Cl.O=C(NCCCc1ccccn1)[C@@]12CC[C@@H](N3CCOCC3)C[C@H]1CCNC2. The number of amides is 1. The summed E-state index contributed by atoms with van der Waals surface area (Å²) in [7, 11) is 0. The van der Waals surface area contributed by atoms with Gasteiger partial charge in [-0.2, -0.15) is 0 Å². The molecule has 2 aliphatic heterocycles. The molecule has 3 atom stereocenters. The van der Waals surface area contributed by atoms with Crippen molar-refractivity contribution in [2.75, 3.05) is 45.9 Å². The molecule has 0 unspecified atom stereocenters. The van der Waals surface area contributed by atoms with E-state index in [1.54, 1.807) is 0 Å². The number of nitrogens with zero attached hydrogens (tertiary/aromatic N) is 2. The highest BCUT2D eigenvalue weighted by atomic mass is 35.5. The van der Waals surface area contributed by atoms with Crippen molar-refractivity contribution >= 4 is 30.7 Å². The summed E-state index contributed by atoms with van der Waals surface area (Å²) in [6, 6.07) is 6.63. The first-order valence-corrected chi connectivity index (χ1v) is 11.0. The zero-order valence-electron chi connectivity index (χ0n) is 17.7. The molecule has 0 bridgehead atoms. The number of morpholine rings is 1. The Morgan fingerprint density at radius 1 is 1.27 bits per heavy atom. The van der Waals surface area contributed by atoms with E-state index in [1.165, 1.54) is 0 Å². The van der Waals surface area contributed by atoms with E-state index in [0.29, 0.717) is 12.0 Å². The van der Waals surface area contributed by atoms with E-state index >= 15 is 0 Å². The lowest BCUT2D eigenvalue weighted by molar-refractivity contribution is -0.140. The minimum absolute atomic E-state index is 0. The van der Waals surface area contributed by atoms with Crippen LogP contribution in [0.1, 0.15) is 37.8 Å². The number of carbonyl (C=O) groups excluding carboxylic acids is 1. The molecule has 0 spiro atoms. The fourth-order valence-electron chi connectivity index (χ4n) is 5.36. The number of hydrogen-bond acceptors (Lipinski definition) is 5. The van der Waals surface area contributed by atoms with E-state index in [4.69, 9.17) is 4.74 Å². The molecular formula is C22H36Cl2N4O2. The lowest BCUT2D eigenvalue weighted by Gasteiger charge is -2.50. The Kier molecular flexibility index (Phi) is 10.3. The summed E-state index contributed by atoms with van der Waals surface area (Å²) in [6.07, 6.45) is 8.07. The number of ether oxygens (including phenoxy) is 1. The summed E-state index contributed by atoms with van der Waals surface area (Å²) in [5, 5.41) is 6.78. The van der Waals surface area contributed by atoms with Crippen molar-refractivity contribution in [1.29, 1.82) is 0 Å². The highest BCUT2D eigenvalue weighted by Gasteiger charge is 2.50. The maximum atomic E-state index is 13.2. The van der Waals surface area contributed by atoms with Crippen LogP contribution in [0.2, 0.25) is 0 Å². The van der Waals surface area contributed by atoms with Crippen molar-refractivity contribution in [2.24, 2.45) is 11.3 Å². The maximum absolute atomic E-state index is 13.2. The first kappa shape index (κ1) is 25.3. The zero-order chi connectivity index (χ0) is 19.2. The van der Waals surface area contributed by atoms with Crippen LogP contribution in [0, 0.1) is 11.3 Å². The van der Waals surface area contributed by atoms with E-state index in [2.05, 4.69) is 26.6 Å². The molecule has 2 saturated heterocycles. The molecule has 4 rings (SSSR count). The number of fused-ring (bicyclic) bond motifs is 1. The fraction of sp³-hybridized carbons (Fsp3) is 0.727. The Morgan fingerprint density at radius 2 is 2.10 bits per heavy atom. The predicted octanol–water partition coefficient (Wildman–Crippen LogP) is 2.45. The predicted molar refractivity (Wildman–Crippen MR) is 124 cm³/mol. The van der Waals surface area contributed by atoms with Crippen molar-refractivity contribution in [3.8, 4) is 0 Å². The monoisotopic (exact) mass is 458 g/mol. The van der Waals surface area contributed by atoms with Crippen LogP contribution >= 0.6 is 24.8 Å². The summed E-state index contributed by atoms with van der Waals surface area (Å²) in [4.78, 5) is 20.2. The molecule has 30 heavy (non-hydrogen) atoms. The van der Waals surface area contributed by atoms with Gasteiger partial charge in [0.1, 0.15) is 0 Å². The second-order valence-electron chi connectivity index (χ2n) is 8.58. The van der Waals surface area contributed by atoms with Gasteiger partial charge in [0, 0.05) is 44.1 Å². The van der Waals surface area contributed by atoms with Crippen molar-refractivity contribution < 1.29 is 9.53 Å². The third-order valence-corrected chi connectivity index (χ3v) is 7.01. The lowest BCUT2D eigenvalue weighted by atomic mass is 9.61. The lowest BCUT2D eigenvalue weighted by Crippen LogP contribution is -2.60. The van der Waals surface area contributed by atoms with Crippen LogP contribution in [0.25, 0.3) is 0 Å².